The molecule has 0 spiro atoms. The first-order chi connectivity index (χ1) is 10.5. The van der Waals surface area contributed by atoms with Gasteiger partial charge in [-0.05, 0) is 19.1 Å². The fraction of sp³-hybridized carbons (Fsp3) is 0.231. The summed E-state index contributed by atoms with van der Waals surface area (Å²) in [6.07, 6.45) is 0. The first-order valence-electron chi connectivity index (χ1n) is 6.18. The van der Waals surface area contributed by atoms with Gasteiger partial charge < -0.3 is 19.3 Å². The molecule has 1 N–H and O–H groups in total. The highest BCUT2D eigenvalue weighted by Gasteiger charge is 2.18. The summed E-state index contributed by atoms with van der Waals surface area (Å²) < 4.78 is 14.9. The molecule has 0 unspecified atom stereocenters. The van der Waals surface area contributed by atoms with Crippen LogP contribution in [-0.4, -0.2) is 29.7 Å². The van der Waals surface area contributed by atoms with Gasteiger partial charge in [-0.3, -0.25) is 14.9 Å². The van der Waals surface area contributed by atoms with Crippen LogP contribution >= 0.6 is 0 Å². The number of nitro benzene ring substituents is 1. The second-order valence-corrected chi connectivity index (χ2v) is 4.25. The zero-order valence-electron chi connectivity index (χ0n) is 11.9. The summed E-state index contributed by atoms with van der Waals surface area (Å²) in [5.41, 5.74) is -0.288. The Morgan fingerprint density at radius 2 is 2.23 bits per heavy atom. The van der Waals surface area contributed by atoms with E-state index in [2.05, 4.69) is 10.5 Å². The maximum absolute atomic E-state index is 11.7. The van der Waals surface area contributed by atoms with Gasteiger partial charge in [-0.2, -0.15) is 0 Å². The Balaban J connectivity index is 2.01. The molecular weight excluding hydrogens is 294 g/mol. The summed E-state index contributed by atoms with van der Waals surface area (Å²) in [4.78, 5) is 22.0. The van der Waals surface area contributed by atoms with Gasteiger partial charge in [0, 0.05) is 6.07 Å². The van der Waals surface area contributed by atoms with Crippen molar-refractivity contribution in [3.05, 3.63) is 40.1 Å². The van der Waals surface area contributed by atoms with E-state index >= 15 is 0 Å². The number of ether oxygens (including phenoxy) is 2. The van der Waals surface area contributed by atoms with Crippen LogP contribution in [0.3, 0.4) is 0 Å². The summed E-state index contributed by atoms with van der Waals surface area (Å²) in [7, 11) is 1.40. The first-order valence-corrected chi connectivity index (χ1v) is 6.18. The number of nitrogens with one attached hydrogen (secondary N) is 1. The Morgan fingerprint density at radius 3 is 2.82 bits per heavy atom. The predicted octanol–water partition coefficient (Wildman–Crippen LogP) is 1.92. The number of nitrogens with zero attached hydrogens (tertiary/aromatic N) is 2. The molecule has 22 heavy (non-hydrogen) atoms. The molecule has 1 aromatic carbocycles. The van der Waals surface area contributed by atoms with E-state index in [1.165, 1.54) is 31.4 Å². The lowest BCUT2D eigenvalue weighted by atomic mass is 10.3. The van der Waals surface area contributed by atoms with Crippen LogP contribution in [0.25, 0.3) is 0 Å². The van der Waals surface area contributed by atoms with Crippen LogP contribution in [0.1, 0.15) is 5.76 Å². The Hall–Kier alpha value is -3.10. The molecule has 2 rings (SSSR count). The van der Waals surface area contributed by atoms with E-state index < -0.39 is 17.4 Å². The maximum atomic E-state index is 11.7. The van der Waals surface area contributed by atoms with Crippen molar-refractivity contribution in [2.75, 3.05) is 19.0 Å². The Labute approximate surface area is 125 Å². The number of carbonyl (C=O) groups is 1. The molecule has 0 aliphatic carbocycles. The summed E-state index contributed by atoms with van der Waals surface area (Å²) in [6, 6.07) is 5.62. The standard InChI is InChI=1S/C13H13N3O6/c1-8-5-12(15-22-8)14-13(17)7-21-11-4-3-9(20-2)6-10(11)16(18)19/h3-6H,7H2,1-2H3,(H,14,15,17). The minimum Gasteiger partial charge on any atom is -0.496 e. The number of benzene rings is 1. The number of amides is 1. The molecule has 2 aromatic rings. The van der Waals surface area contributed by atoms with Crippen molar-refractivity contribution in [3.63, 3.8) is 0 Å². The fourth-order valence-corrected chi connectivity index (χ4v) is 1.64. The van der Waals surface area contributed by atoms with Crippen molar-refractivity contribution in [1.82, 2.24) is 5.16 Å². The van der Waals surface area contributed by atoms with Gasteiger partial charge in [0.1, 0.15) is 11.5 Å². The third-order valence-corrected chi connectivity index (χ3v) is 2.62. The summed E-state index contributed by atoms with van der Waals surface area (Å²) in [5, 5.41) is 17.0. The van der Waals surface area contributed by atoms with Gasteiger partial charge in [0.25, 0.3) is 5.91 Å². The molecule has 0 aliphatic rings. The van der Waals surface area contributed by atoms with Crippen LogP contribution in [0.15, 0.2) is 28.8 Å². The van der Waals surface area contributed by atoms with Gasteiger partial charge in [-0.25, -0.2) is 0 Å². The van der Waals surface area contributed by atoms with Crippen molar-refractivity contribution in [2.24, 2.45) is 0 Å². The summed E-state index contributed by atoms with van der Waals surface area (Å²) >= 11 is 0. The van der Waals surface area contributed by atoms with E-state index in [4.69, 9.17) is 14.0 Å². The van der Waals surface area contributed by atoms with Gasteiger partial charge in [-0.15, -0.1) is 0 Å². The number of methoxy groups -OCH3 is 1. The van der Waals surface area contributed by atoms with Crippen molar-refractivity contribution in [2.45, 2.75) is 6.92 Å². The number of rotatable bonds is 6. The minimum atomic E-state index is -0.614. The fourth-order valence-electron chi connectivity index (χ4n) is 1.64. The third kappa shape index (κ3) is 3.72. The second kappa shape index (κ2) is 6.57. The Kier molecular flexibility index (Phi) is 4.57. The Morgan fingerprint density at radius 1 is 1.45 bits per heavy atom. The second-order valence-electron chi connectivity index (χ2n) is 4.25. The number of aryl methyl sites for hydroxylation is 1. The molecule has 0 bridgehead atoms. The van der Waals surface area contributed by atoms with E-state index in [1.54, 1.807) is 6.92 Å². The van der Waals surface area contributed by atoms with Crippen molar-refractivity contribution in [3.8, 4) is 11.5 Å². The summed E-state index contributed by atoms with van der Waals surface area (Å²) in [6.45, 7) is 1.28. The molecule has 9 nitrogen and oxygen atoms in total. The Bertz CT molecular complexity index is 697. The van der Waals surface area contributed by atoms with Crippen LogP contribution in [0.2, 0.25) is 0 Å². The highest BCUT2D eigenvalue weighted by molar-refractivity contribution is 5.90. The van der Waals surface area contributed by atoms with Gasteiger partial charge in [0.05, 0.1) is 18.1 Å². The number of hydrogen-bond acceptors (Lipinski definition) is 7. The number of hydrogen-bond donors (Lipinski definition) is 1. The molecular formula is C13H13N3O6. The first kappa shape index (κ1) is 15.3. The monoisotopic (exact) mass is 307 g/mol. The number of carbonyl (C=O) groups excluding carboxylic acids is 1. The molecule has 0 saturated heterocycles. The largest absolute Gasteiger partial charge is 0.496 e. The van der Waals surface area contributed by atoms with Gasteiger partial charge in [0.15, 0.2) is 18.2 Å². The van der Waals surface area contributed by atoms with Crippen molar-refractivity contribution < 1.29 is 23.7 Å². The number of aromatic nitrogens is 1. The van der Waals surface area contributed by atoms with E-state index in [0.717, 1.165) is 0 Å². The highest BCUT2D eigenvalue weighted by atomic mass is 16.6. The lowest BCUT2D eigenvalue weighted by molar-refractivity contribution is -0.385. The maximum Gasteiger partial charge on any atom is 0.314 e. The normalized spacial score (nSPS) is 10.1. The zero-order valence-corrected chi connectivity index (χ0v) is 11.9. The lowest BCUT2D eigenvalue weighted by Crippen LogP contribution is -2.20. The van der Waals surface area contributed by atoms with E-state index in [9.17, 15) is 14.9 Å². The third-order valence-electron chi connectivity index (χ3n) is 2.62. The van der Waals surface area contributed by atoms with Gasteiger partial charge in [0.2, 0.25) is 0 Å². The molecule has 0 fully saturated rings. The molecule has 1 aromatic heterocycles. The molecule has 0 aliphatic heterocycles. The van der Waals surface area contributed by atoms with Crippen molar-refractivity contribution >= 4 is 17.4 Å². The van der Waals surface area contributed by atoms with Gasteiger partial charge >= 0.3 is 5.69 Å². The predicted molar refractivity (Wildman–Crippen MR) is 75.0 cm³/mol. The van der Waals surface area contributed by atoms with E-state index in [0.29, 0.717) is 11.5 Å². The quantitative estimate of drug-likeness (QED) is 0.640. The van der Waals surface area contributed by atoms with Crippen LogP contribution in [0.4, 0.5) is 11.5 Å². The summed E-state index contributed by atoms with van der Waals surface area (Å²) in [5.74, 6) is 0.564. The average Bonchev–Trinajstić information content (AvgIpc) is 2.89. The topological polar surface area (TPSA) is 117 Å². The molecule has 0 atom stereocenters. The molecule has 0 radical (unpaired) electrons. The van der Waals surface area contributed by atoms with Crippen LogP contribution < -0.4 is 14.8 Å². The molecule has 1 amide bonds. The lowest BCUT2D eigenvalue weighted by Gasteiger charge is -2.07. The smallest absolute Gasteiger partial charge is 0.314 e. The van der Waals surface area contributed by atoms with Crippen LogP contribution in [0.5, 0.6) is 11.5 Å². The zero-order chi connectivity index (χ0) is 16.1. The highest BCUT2D eigenvalue weighted by Crippen LogP contribution is 2.30. The minimum absolute atomic E-state index is 0.0303. The molecule has 9 heteroatoms. The van der Waals surface area contributed by atoms with Crippen molar-refractivity contribution in [1.29, 1.82) is 0 Å². The van der Waals surface area contributed by atoms with Gasteiger partial charge in [-0.1, -0.05) is 5.16 Å². The molecule has 0 saturated carbocycles. The SMILES string of the molecule is COc1ccc(OCC(=O)Nc2cc(C)on2)c([N+](=O)[O-])c1. The average molecular weight is 307 g/mol. The van der Waals surface area contributed by atoms with E-state index in [1.807, 2.05) is 0 Å². The van der Waals surface area contributed by atoms with Crippen LogP contribution in [0, 0.1) is 17.0 Å². The molecule has 1 heterocycles. The van der Waals surface area contributed by atoms with Crippen LogP contribution in [-0.2, 0) is 4.79 Å². The van der Waals surface area contributed by atoms with E-state index in [-0.39, 0.29) is 17.3 Å². The number of anilines is 1. The number of nitro groups is 1. The molecule has 116 valence electrons.